The van der Waals surface area contributed by atoms with E-state index in [-0.39, 0.29) is 17.2 Å². The highest BCUT2D eigenvalue weighted by Crippen LogP contribution is 2.35. The highest BCUT2D eigenvalue weighted by Gasteiger charge is 2.35. The molecule has 1 aliphatic rings. The number of methoxy groups -OCH3 is 1. The van der Waals surface area contributed by atoms with E-state index in [1.165, 1.54) is 5.56 Å². The van der Waals surface area contributed by atoms with Crippen molar-refractivity contribution < 1.29 is 19.1 Å². The number of carbonyl (C=O) groups excluding carboxylic acids is 2. The van der Waals surface area contributed by atoms with Crippen LogP contribution in [0.15, 0.2) is 78.9 Å². The maximum absolute atomic E-state index is 12.9. The third-order valence-corrected chi connectivity index (χ3v) is 6.18. The molecule has 0 radical (unpaired) electrons. The summed E-state index contributed by atoms with van der Waals surface area (Å²) >= 11 is 0. The number of nitrogens with one attached hydrogen (secondary N) is 2. The molecule has 3 aromatic carbocycles. The first kappa shape index (κ1) is 22.6. The first-order chi connectivity index (χ1) is 16.1. The summed E-state index contributed by atoms with van der Waals surface area (Å²) in [4.78, 5) is 25.2. The Hall–Kier alpha value is -3.64. The molecule has 0 saturated carbocycles. The van der Waals surface area contributed by atoms with Gasteiger partial charge in [-0.05, 0) is 66.9 Å². The van der Waals surface area contributed by atoms with Gasteiger partial charge in [0.25, 0.3) is 11.8 Å². The minimum absolute atomic E-state index is 0.143. The van der Waals surface area contributed by atoms with Crippen molar-refractivity contribution in [2.24, 2.45) is 0 Å². The number of ether oxygens (including phenoxy) is 2. The second-order valence-electron chi connectivity index (χ2n) is 8.20. The van der Waals surface area contributed by atoms with Crippen LogP contribution in [0.25, 0.3) is 0 Å². The Bertz CT molecular complexity index is 1070. The maximum Gasteiger partial charge on any atom is 0.255 e. The van der Waals surface area contributed by atoms with E-state index in [1.54, 1.807) is 43.5 Å². The fourth-order valence-corrected chi connectivity index (χ4v) is 4.12. The Morgan fingerprint density at radius 1 is 0.848 bits per heavy atom. The van der Waals surface area contributed by atoms with E-state index in [0.717, 1.165) is 18.6 Å². The molecule has 33 heavy (non-hydrogen) atoms. The highest BCUT2D eigenvalue weighted by molar-refractivity contribution is 6.04. The smallest absolute Gasteiger partial charge is 0.255 e. The van der Waals surface area contributed by atoms with Gasteiger partial charge in [-0.25, -0.2) is 0 Å². The third kappa shape index (κ3) is 5.41. The molecule has 0 aliphatic carbocycles. The molecule has 2 amide bonds. The van der Waals surface area contributed by atoms with E-state index in [0.29, 0.717) is 36.6 Å². The van der Waals surface area contributed by atoms with Gasteiger partial charge < -0.3 is 20.1 Å². The topological polar surface area (TPSA) is 76.7 Å². The quantitative estimate of drug-likeness (QED) is 0.565. The normalized spacial score (nSPS) is 14.8. The highest BCUT2D eigenvalue weighted by atomic mass is 16.5. The zero-order valence-corrected chi connectivity index (χ0v) is 18.7. The van der Waals surface area contributed by atoms with Crippen LogP contribution < -0.4 is 15.4 Å². The summed E-state index contributed by atoms with van der Waals surface area (Å²) in [5.41, 5.74) is 2.76. The summed E-state index contributed by atoms with van der Waals surface area (Å²) < 4.78 is 10.9. The summed E-state index contributed by atoms with van der Waals surface area (Å²) in [6.07, 6.45) is 1.67. The number of hydrogen-bond donors (Lipinski definition) is 2. The van der Waals surface area contributed by atoms with Gasteiger partial charge in [0.15, 0.2) is 0 Å². The zero-order chi connectivity index (χ0) is 23.1. The molecule has 0 aromatic heterocycles. The first-order valence-electron chi connectivity index (χ1n) is 11.1. The van der Waals surface area contributed by atoms with Crippen molar-refractivity contribution in [3.63, 3.8) is 0 Å². The first-order valence-corrected chi connectivity index (χ1v) is 11.1. The minimum atomic E-state index is -0.186. The van der Waals surface area contributed by atoms with Gasteiger partial charge in [-0.2, -0.15) is 0 Å². The molecule has 1 heterocycles. The van der Waals surface area contributed by atoms with Crippen LogP contribution in [0.1, 0.15) is 39.1 Å². The fourth-order valence-electron chi connectivity index (χ4n) is 4.12. The second-order valence-corrected chi connectivity index (χ2v) is 8.20. The lowest BCUT2D eigenvalue weighted by Gasteiger charge is -2.38. The van der Waals surface area contributed by atoms with Gasteiger partial charge in [-0.1, -0.05) is 30.3 Å². The Labute approximate surface area is 193 Å². The van der Waals surface area contributed by atoms with E-state index < -0.39 is 0 Å². The van der Waals surface area contributed by atoms with E-state index in [4.69, 9.17) is 9.47 Å². The molecule has 170 valence electrons. The molecular formula is C27H28N2O4. The molecule has 6 heteroatoms. The standard InChI is InChI=1S/C27H28N2O4/c1-32-24-13-9-22(10-14-24)27(15-17-33-18-16-27)19-28-25(30)21-7-11-23(12-8-21)29-26(31)20-5-3-2-4-6-20/h2-14H,15-19H2,1H3,(H,28,30)(H,29,31). The number of rotatable bonds is 7. The number of carbonyl (C=O) groups is 2. The van der Waals surface area contributed by atoms with Crippen LogP contribution in [-0.4, -0.2) is 38.7 Å². The average Bonchev–Trinajstić information content (AvgIpc) is 2.89. The van der Waals surface area contributed by atoms with Crippen molar-refractivity contribution in [3.05, 3.63) is 95.6 Å². The number of anilines is 1. The third-order valence-electron chi connectivity index (χ3n) is 6.18. The Morgan fingerprint density at radius 3 is 2.12 bits per heavy atom. The zero-order valence-electron chi connectivity index (χ0n) is 18.7. The number of hydrogen-bond acceptors (Lipinski definition) is 4. The molecule has 0 unspecified atom stereocenters. The van der Waals surface area contributed by atoms with Crippen molar-refractivity contribution in [1.82, 2.24) is 5.32 Å². The molecule has 6 nitrogen and oxygen atoms in total. The average molecular weight is 445 g/mol. The van der Waals surface area contributed by atoms with Crippen molar-refractivity contribution in [1.29, 1.82) is 0 Å². The van der Waals surface area contributed by atoms with Crippen LogP contribution in [0, 0.1) is 0 Å². The van der Waals surface area contributed by atoms with Gasteiger partial charge in [0.2, 0.25) is 0 Å². The number of amides is 2. The van der Waals surface area contributed by atoms with E-state index >= 15 is 0 Å². The van der Waals surface area contributed by atoms with Gasteiger partial charge in [-0.3, -0.25) is 9.59 Å². The molecule has 4 rings (SSSR count). The minimum Gasteiger partial charge on any atom is -0.497 e. The molecule has 3 aromatic rings. The van der Waals surface area contributed by atoms with Crippen molar-refractivity contribution in [3.8, 4) is 5.75 Å². The molecule has 2 N–H and O–H groups in total. The van der Waals surface area contributed by atoms with Crippen LogP contribution in [0.5, 0.6) is 5.75 Å². The molecule has 0 atom stereocenters. The lowest BCUT2D eigenvalue weighted by molar-refractivity contribution is 0.0487. The predicted molar refractivity (Wildman–Crippen MR) is 128 cm³/mol. The van der Waals surface area contributed by atoms with E-state index in [1.807, 2.05) is 30.3 Å². The molecule has 0 bridgehead atoms. The maximum atomic E-state index is 12.9. The molecule has 1 aliphatic heterocycles. The summed E-state index contributed by atoms with van der Waals surface area (Å²) in [5.74, 6) is 0.480. The molecule has 0 spiro atoms. The van der Waals surface area contributed by atoms with Crippen LogP contribution in [0.3, 0.4) is 0 Å². The second kappa shape index (κ2) is 10.3. The Kier molecular flexibility index (Phi) is 7.05. The Balaban J connectivity index is 1.40. The van der Waals surface area contributed by atoms with E-state index in [9.17, 15) is 9.59 Å². The SMILES string of the molecule is COc1ccc(C2(CNC(=O)c3ccc(NC(=O)c4ccccc4)cc3)CCOCC2)cc1. The van der Waals surface area contributed by atoms with Gasteiger partial charge in [0.1, 0.15) is 5.75 Å². The van der Waals surface area contributed by atoms with Crippen LogP contribution in [0.2, 0.25) is 0 Å². The summed E-state index contributed by atoms with van der Waals surface area (Å²) in [7, 11) is 1.65. The molecular weight excluding hydrogens is 416 g/mol. The van der Waals surface area contributed by atoms with Crippen LogP contribution >= 0.6 is 0 Å². The van der Waals surface area contributed by atoms with Gasteiger partial charge in [0, 0.05) is 42.0 Å². The van der Waals surface area contributed by atoms with E-state index in [2.05, 4.69) is 22.8 Å². The fraction of sp³-hybridized carbons (Fsp3) is 0.259. The molecule has 1 fully saturated rings. The van der Waals surface area contributed by atoms with Gasteiger partial charge in [0.05, 0.1) is 7.11 Å². The Morgan fingerprint density at radius 2 is 1.48 bits per heavy atom. The largest absolute Gasteiger partial charge is 0.497 e. The van der Waals surface area contributed by atoms with Crippen molar-refractivity contribution >= 4 is 17.5 Å². The predicted octanol–water partition coefficient (Wildman–Crippen LogP) is 4.43. The van der Waals surface area contributed by atoms with Crippen LogP contribution in [0.4, 0.5) is 5.69 Å². The van der Waals surface area contributed by atoms with Crippen molar-refractivity contribution in [2.75, 3.05) is 32.2 Å². The monoisotopic (exact) mass is 444 g/mol. The lowest BCUT2D eigenvalue weighted by Crippen LogP contribution is -2.44. The molecule has 1 saturated heterocycles. The number of benzene rings is 3. The van der Waals surface area contributed by atoms with Crippen molar-refractivity contribution in [2.45, 2.75) is 18.3 Å². The van der Waals surface area contributed by atoms with Crippen LogP contribution in [-0.2, 0) is 10.2 Å². The van der Waals surface area contributed by atoms with Gasteiger partial charge >= 0.3 is 0 Å². The summed E-state index contributed by atoms with van der Waals surface area (Å²) in [6, 6.07) is 24.0. The summed E-state index contributed by atoms with van der Waals surface area (Å²) in [5, 5.41) is 5.96. The van der Waals surface area contributed by atoms with Gasteiger partial charge in [-0.15, -0.1) is 0 Å². The lowest BCUT2D eigenvalue weighted by atomic mass is 9.74. The summed E-state index contributed by atoms with van der Waals surface area (Å²) in [6.45, 7) is 1.85.